The molecule has 1 aromatic carbocycles. The quantitative estimate of drug-likeness (QED) is 0.462. The molecule has 4 rings (SSSR count). The number of anilines is 2. The van der Waals surface area contributed by atoms with Crippen molar-refractivity contribution in [1.29, 1.82) is 0 Å². The number of aromatic nitrogens is 3. The molecule has 9 nitrogen and oxygen atoms in total. The van der Waals surface area contributed by atoms with Gasteiger partial charge in [0.25, 0.3) is 0 Å². The van der Waals surface area contributed by atoms with Gasteiger partial charge in [-0.15, -0.1) is 11.3 Å². The molecule has 10 heteroatoms. The van der Waals surface area contributed by atoms with Gasteiger partial charge in [-0.3, -0.25) is 4.90 Å². The van der Waals surface area contributed by atoms with Crippen LogP contribution in [0.5, 0.6) is 17.5 Å². The summed E-state index contributed by atoms with van der Waals surface area (Å²) in [6, 6.07) is 7.52. The lowest BCUT2D eigenvalue weighted by atomic mass is 10.1. The second-order valence-electron chi connectivity index (χ2n) is 8.34. The van der Waals surface area contributed by atoms with Crippen LogP contribution in [0.3, 0.4) is 0 Å². The van der Waals surface area contributed by atoms with Crippen molar-refractivity contribution < 1.29 is 14.2 Å². The maximum absolute atomic E-state index is 6.12. The molecule has 0 radical (unpaired) electrons. The summed E-state index contributed by atoms with van der Waals surface area (Å²) in [6.07, 6.45) is 3.49. The Labute approximate surface area is 204 Å². The zero-order chi connectivity index (χ0) is 24.1. The van der Waals surface area contributed by atoms with E-state index in [0.717, 1.165) is 46.5 Å². The molecule has 1 atom stereocenters. The highest BCUT2D eigenvalue weighted by Crippen LogP contribution is 2.37. The third kappa shape index (κ3) is 5.87. The van der Waals surface area contributed by atoms with Crippen molar-refractivity contribution in [2.75, 3.05) is 44.8 Å². The van der Waals surface area contributed by atoms with Crippen molar-refractivity contribution in [1.82, 2.24) is 19.9 Å². The van der Waals surface area contributed by atoms with Crippen LogP contribution in [0.25, 0.3) is 10.6 Å². The highest BCUT2D eigenvalue weighted by molar-refractivity contribution is 7.15. The van der Waals surface area contributed by atoms with E-state index in [1.807, 2.05) is 32.0 Å². The lowest BCUT2D eigenvalue weighted by molar-refractivity contribution is 0.180. The van der Waals surface area contributed by atoms with Crippen LogP contribution < -0.4 is 25.7 Å². The second kappa shape index (κ2) is 10.9. The first-order valence-corrected chi connectivity index (χ1v) is 12.3. The van der Waals surface area contributed by atoms with Crippen LogP contribution in [-0.2, 0) is 0 Å². The molecule has 182 valence electrons. The molecular weight excluding hydrogens is 452 g/mol. The van der Waals surface area contributed by atoms with E-state index in [4.69, 9.17) is 30.7 Å². The van der Waals surface area contributed by atoms with Gasteiger partial charge in [-0.25, -0.2) is 4.98 Å². The van der Waals surface area contributed by atoms with E-state index in [1.54, 1.807) is 18.4 Å². The van der Waals surface area contributed by atoms with Gasteiger partial charge in [0.1, 0.15) is 29.4 Å². The summed E-state index contributed by atoms with van der Waals surface area (Å²) in [5.41, 5.74) is 13.3. The number of ether oxygens (including phenoxy) is 3. The summed E-state index contributed by atoms with van der Waals surface area (Å²) in [5, 5.41) is 0.875. The van der Waals surface area contributed by atoms with Gasteiger partial charge < -0.3 is 25.7 Å². The average molecular weight is 485 g/mol. The topological polar surface area (TPSA) is 122 Å². The number of piperidine rings is 1. The van der Waals surface area contributed by atoms with Crippen LogP contribution in [-0.4, -0.2) is 53.2 Å². The SMILES string of the molecule is COc1ccc(-c2nc([C@H](C)Oc3nc(N)cc(N)n3)c(C)s2)cc1OCCN1CCCCC1. The van der Waals surface area contributed by atoms with Gasteiger partial charge in [-0.05, 0) is 58.0 Å². The summed E-state index contributed by atoms with van der Waals surface area (Å²) >= 11 is 1.60. The summed E-state index contributed by atoms with van der Waals surface area (Å²) in [4.78, 5) is 16.5. The Kier molecular flexibility index (Phi) is 7.69. The predicted molar refractivity (Wildman–Crippen MR) is 135 cm³/mol. The van der Waals surface area contributed by atoms with Crippen LogP contribution in [0.1, 0.15) is 42.9 Å². The van der Waals surface area contributed by atoms with Crippen molar-refractivity contribution >= 4 is 23.0 Å². The maximum Gasteiger partial charge on any atom is 0.320 e. The molecule has 0 unspecified atom stereocenters. The van der Waals surface area contributed by atoms with E-state index in [2.05, 4.69) is 14.9 Å². The maximum atomic E-state index is 6.12. The van der Waals surface area contributed by atoms with Gasteiger partial charge in [-0.1, -0.05) is 6.42 Å². The number of hydrogen-bond acceptors (Lipinski definition) is 10. The smallest absolute Gasteiger partial charge is 0.320 e. The lowest BCUT2D eigenvalue weighted by Gasteiger charge is -2.26. The number of thiazole rings is 1. The Bertz CT molecular complexity index is 1100. The van der Waals surface area contributed by atoms with Gasteiger partial charge in [0.05, 0.1) is 12.8 Å². The number of nitrogens with two attached hydrogens (primary N) is 2. The number of nitrogens with zero attached hydrogens (tertiary/aromatic N) is 4. The van der Waals surface area contributed by atoms with Crippen molar-refractivity contribution in [3.05, 3.63) is 34.8 Å². The van der Waals surface area contributed by atoms with E-state index in [-0.39, 0.29) is 23.8 Å². The van der Waals surface area contributed by atoms with Crippen molar-refractivity contribution in [3.63, 3.8) is 0 Å². The first-order chi connectivity index (χ1) is 16.4. The van der Waals surface area contributed by atoms with Crippen LogP contribution in [0.15, 0.2) is 24.3 Å². The van der Waals surface area contributed by atoms with E-state index in [1.165, 1.54) is 25.3 Å². The molecule has 1 aliphatic heterocycles. The predicted octanol–water partition coefficient (Wildman–Crippen LogP) is 4.09. The fourth-order valence-electron chi connectivity index (χ4n) is 4.03. The Balaban J connectivity index is 1.48. The monoisotopic (exact) mass is 484 g/mol. The number of hydrogen-bond donors (Lipinski definition) is 2. The number of rotatable bonds is 9. The van der Waals surface area contributed by atoms with Crippen LogP contribution >= 0.6 is 11.3 Å². The van der Waals surface area contributed by atoms with E-state index in [9.17, 15) is 0 Å². The third-order valence-electron chi connectivity index (χ3n) is 5.77. The van der Waals surface area contributed by atoms with Gasteiger partial charge in [0.15, 0.2) is 11.5 Å². The highest BCUT2D eigenvalue weighted by Gasteiger charge is 2.19. The standard InChI is InChI=1S/C24H32N6O3S/c1-15(33-24-27-20(25)14-21(26)28-24)22-16(2)34-23(29-22)17-7-8-18(31-3)19(13-17)32-12-11-30-9-5-4-6-10-30/h7-8,13-15H,4-6,9-12H2,1-3H3,(H4,25,26,27,28)/t15-/m0/s1. The minimum absolute atomic E-state index is 0.132. The summed E-state index contributed by atoms with van der Waals surface area (Å²) < 4.78 is 17.5. The van der Waals surface area contributed by atoms with Crippen molar-refractivity contribution in [2.24, 2.45) is 0 Å². The fourth-order valence-corrected chi connectivity index (χ4v) is 5.02. The minimum Gasteiger partial charge on any atom is -0.493 e. The number of likely N-dealkylation sites (tertiary alicyclic amines) is 1. The molecular formula is C24H32N6O3S. The van der Waals surface area contributed by atoms with Crippen molar-refractivity contribution in [2.45, 2.75) is 39.2 Å². The van der Waals surface area contributed by atoms with Gasteiger partial charge in [-0.2, -0.15) is 9.97 Å². The fraction of sp³-hybridized carbons (Fsp3) is 0.458. The van der Waals surface area contributed by atoms with Gasteiger partial charge in [0.2, 0.25) is 0 Å². The number of nitrogen functional groups attached to an aromatic ring is 2. The minimum atomic E-state index is -0.371. The summed E-state index contributed by atoms with van der Waals surface area (Å²) in [5.74, 6) is 1.95. The largest absolute Gasteiger partial charge is 0.493 e. The first kappa shape index (κ1) is 24.0. The normalized spacial score (nSPS) is 15.1. The van der Waals surface area contributed by atoms with E-state index in [0.29, 0.717) is 12.4 Å². The van der Waals surface area contributed by atoms with Crippen LogP contribution in [0.2, 0.25) is 0 Å². The molecule has 0 saturated carbocycles. The number of aryl methyl sites for hydroxylation is 1. The van der Waals surface area contributed by atoms with E-state index < -0.39 is 0 Å². The molecule has 1 saturated heterocycles. The molecule has 0 aliphatic carbocycles. The molecule has 4 N–H and O–H groups in total. The third-order valence-corrected chi connectivity index (χ3v) is 6.80. The molecule has 0 amide bonds. The summed E-state index contributed by atoms with van der Waals surface area (Å²) in [7, 11) is 1.66. The molecule has 3 aromatic rings. The number of methoxy groups -OCH3 is 1. The van der Waals surface area contributed by atoms with Gasteiger partial charge in [0, 0.05) is 23.1 Å². The van der Waals surface area contributed by atoms with E-state index >= 15 is 0 Å². The molecule has 1 fully saturated rings. The van der Waals surface area contributed by atoms with Crippen molar-refractivity contribution in [3.8, 4) is 28.1 Å². The lowest BCUT2D eigenvalue weighted by Crippen LogP contribution is -2.33. The molecule has 3 heterocycles. The average Bonchev–Trinajstić information content (AvgIpc) is 3.21. The molecule has 0 spiro atoms. The molecule has 1 aliphatic rings. The Morgan fingerprint density at radius 2 is 1.76 bits per heavy atom. The second-order valence-corrected chi connectivity index (χ2v) is 9.54. The van der Waals surface area contributed by atoms with Crippen LogP contribution in [0, 0.1) is 6.92 Å². The summed E-state index contributed by atoms with van der Waals surface area (Å²) in [6.45, 7) is 7.75. The Hall–Kier alpha value is -3.11. The van der Waals surface area contributed by atoms with Crippen LogP contribution in [0.4, 0.5) is 11.6 Å². The molecule has 0 bridgehead atoms. The Morgan fingerprint density at radius 1 is 1.03 bits per heavy atom. The molecule has 34 heavy (non-hydrogen) atoms. The zero-order valence-electron chi connectivity index (χ0n) is 19.9. The first-order valence-electron chi connectivity index (χ1n) is 11.5. The van der Waals surface area contributed by atoms with Gasteiger partial charge >= 0.3 is 6.01 Å². The Morgan fingerprint density at radius 3 is 2.47 bits per heavy atom. The zero-order valence-corrected chi connectivity index (χ0v) is 20.7. The molecule has 2 aromatic heterocycles. The highest BCUT2D eigenvalue weighted by atomic mass is 32.1. The number of benzene rings is 1.